The molecule has 1 amide bonds. The fraction of sp³-hybridized carbons (Fsp3) is 0.280. The number of nitrogens with zero attached hydrogens (tertiary/aromatic N) is 7. The number of amides is 1. The standard InChI is InChI=1S/C25H27N7O2/c1-29(20-6-4-3-5-7-20)24(33)17-30-12-14-31(15-13-30)23-16-22(28-25-26-18-27-32(23)25)19-8-10-21(34-2)11-9-19/h3-11,16,18H,12-15,17H2,1-2H3. The van der Waals surface area contributed by atoms with Gasteiger partial charge in [0.2, 0.25) is 5.91 Å². The van der Waals surface area contributed by atoms with Crippen LogP contribution in [0.3, 0.4) is 0 Å². The van der Waals surface area contributed by atoms with Gasteiger partial charge in [-0.05, 0) is 36.4 Å². The van der Waals surface area contributed by atoms with E-state index in [1.54, 1.807) is 16.5 Å². The number of hydrogen-bond acceptors (Lipinski definition) is 7. The topological polar surface area (TPSA) is 79.1 Å². The van der Waals surface area contributed by atoms with E-state index in [1.165, 1.54) is 6.33 Å². The maximum absolute atomic E-state index is 12.8. The third-order valence-corrected chi connectivity index (χ3v) is 6.19. The molecule has 174 valence electrons. The molecule has 9 heteroatoms. The van der Waals surface area contributed by atoms with Crippen molar-refractivity contribution in [3.8, 4) is 17.0 Å². The van der Waals surface area contributed by atoms with Gasteiger partial charge in [0.25, 0.3) is 5.78 Å². The molecule has 0 saturated carbocycles. The average Bonchev–Trinajstić information content (AvgIpc) is 3.37. The molecule has 0 atom stereocenters. The highest BCUT2D eigenvalue weighted by atomic mass is 16.5. The lowest BCUT2D eigenvalue weighted by molar-refractivity contribution is -0.119. The molecule has 0 N–H and O–H groups in total. The van der Waals surface area contributed by atoms with Crippen LogP contribution in [0.2, 0.25) is 0 Å². The van der Waals surface area contributed by atoms with Gasteiger partial charge < -0.3 is 14.5 Å². The summed E-state index contributed by atoms with van der Waals surface area (Å²) in [5, 5.41) is 4.39. The number of likely N-dealkylation sites (N-methyl/N-ethyl adjacent to an activating group) is 1. The first kappa shape index (κ1) is 21.8. The van der Waals surface area contributed by atoms with Crippen LogP contribution >= 0.6 is 0 Å². The quantitative estimate of drug-likeness (QED) is 0.440. The summed E-state index contributed by atoms with van der Waals surface area (Å²) in [5.41, 5.74) is 2.73. The number of aromatic nitrogens is 4. The third-order valence-electron chi connectivity index (χ3n) is 6.19. The van der Waals surface area contributed by atoms with Crippen LogP contribution in [-0.2, 0) is 4.79 Å². The molecule has 0 spiro atoms. The van der Waals surface area contributed by atoms with Gasteiger partial charge in [-0.25, -0.2) is 4.98 Å². The van der Waals surface area contributed by atoms with Crippen molar-refractivity contribution in [3.63, 3.8) is 0 Å². The van der Waals surface area contributed by atoms with Crippen LogP contribution in [0.5, 0.6) is 5.75 Å². The van der Waals surface area contributed by atoms with E-state index in [4.69, 9.17) is 4.74 Å². The smallest absolute Gasteiger partial charge is 0.254 e. The van der Waals surface area contributed by atoms with Crippen molar-refractivity contribution in [2.75, 3.05) is 56.7 Å². The van der Waals surface area contributed by atoms with Gasteiger partial charge in [0.05, 0.1) is 19.3 Å². The lowest BCUT2D eigenvalue weighted by Gasteiger charge is -2.36. The van der Waals surface area contributed by atoms with E-state index in [1.807, 2.05) is 67.7 Å². The second-order valence-corrected chi connectivity index (χ2v) is 8.25. The molecule has 5 rings (SSSR count). The molecule has 34 heavy (non-hydrogen) atoms. The van der Waals surface area contributed by atoms with E-state index < -0.39 is 0 Å². The minimum absolute atomic E-state index is 0.0871. The van der Waals surface area contributed by atoms with Crippen molar-refractivity contribution in [1.29, 1.82) is 0 Å². The molecule has 1 aliphatic heterocycles. The van der Waals surface area contributed by atoms with Gasteiger partial charge >= 0.3 is 0 Å². The Hall–Kier alpha value is -3.98. The predicted molar refractivity (Wildman–Crippen MR) is 131 cm³/mol. The number of carbonyl (C=O) groups excluding carboxylic acids is 1. The minimum atomic E-state index is 0.0871. The summed E-state index contributed by atoms with van der Waals surface area (Å²) in [6, 6.07) is 19.6. The van der Waals surface area contributed by atoms with Crippen LogP contribution in [-0.4, -0.2) is 77.3 Å². The maximum atomic E-state index is 12.8. The summed E-state index contributed by atoms with van der Waals surface area (Å²) in [6.45, 7) is 3.52. The number of para-hydroxylation sites is 1. The lowest BCUT2D eigenvalue weighted by atomic mass is 10.1. The van der Waals surface area contributed by atoms with E-state index in [2.05, 4.69) is 24.9 Å². The Balaban J connectivity index is 1.30. The molecule has 0 unspecified atom stereocenters. The van der Waals surface area contributed by atoms with Gasteiger partial charge in [-0.15, -0.1) is 0 Å². The summed E-state index contributed by atoms with van der Waals surface area (Å²) in [6.07, 6.45) is 1.53. The van der Waals surface area contributed by atoms with Crippen LogP contribution in [0, 0.1) is 0 Å². The summed E-state index contributed by atoms with van der Waals surface area (Å²) >= 11 is 0. The van der Waals surface area contributed by atoms with Crippen molar-refractivity contribution in [1.82, 2.24) is 24.5 Å². The number of rotatable bonds is 6. The zero-order chi connectivity index (χ0) is 23.5. The summed E-state index contributed by atoms with van der Waals surface area (Å²) in [5.74, 6) is 2.39. The summed E-state index contributed by atoms with van der Waals surface area (Å²) in [7, 11) is 3.48. The molecule has 2 aromatic carbocycles. The number of ether oxygens (including phenoxy) is 1. The van der Waals surface area contributed by atoms with E-state index >= 15 is 0 Å². The van der Waals surface area contributed by atoms with Crippen molar-refractivity contribution in [3.05, 3.63) is 67.0 Å². The van der Waals surface area contributed by atoms with E-state index in [0.29, 0.717) is 12.3 Å². The molecule has 2 aromatic heterocycles. The number of fused-ring (bicyclic) bond motifs is 1. The van der Waals surface area contributed by atoms with Gasteiger partial charge in [0.1, 0.15) is 17.9 Å². The summed E-state index contributed by atoms with van der Waals surface area (Å²) < 4.78 is 7.05. The van der Waals surface area contributed by atoms with Crippen LogP contribution in [0.15, 0.2) is 67.0 Å². The zero-order valence-corrected chi connectivity index (χ0v) is 19.3. The van der Waals surface area contributed by atoms with Gasteiger partial charge in [0.15, 0.2) is 0 Å². The first-order valence-electron chi connectivity index (χ1n) is 11.3. The van der Waals surface area contributed by atoms with Crippen LogP contribution in [0.1, 0.15) is 0 Å². The largest absolute Gasteiger partial charge is 0.497 e. The van der Waals surface area contributed by atoms with Crippen molar-refractivity contribution >= 4 is 23.2 Å². The Morgan fingerprint density at radius 2 is 1.76 bits per heavy atom. The normalized spacial score (nSPS) is 14.4. The molecule has 3 heterocycles. The fourth-order valence-corrected chi connectivity index (χ4v) is 4.16. The first-order valence-corrected chi connectivity index (χ1v) is 11.3. The molecule has 1 aliphatic rings. The van der Waals surface area contributed by atoms with Gasteiger partial charge in [-0.3, -0.25) is 9.69 Å². The van der Waals surface area contributed by atoms with Crippen molar-refractivity contribution in [2.45, 2.75) is 0 Å². The Labute approximate surface area is 198 Å². The summed E-state index contributed by atoms with van der Waals surface area (Å²) in [4.78, 5) is 28.0. The maximum Gasteiger partial charge on any atom is 0.254 e. The molecule has 9 nitrogen and oxygen atoms in total. The highest BCUT2D eigenvalue weighted by Crippen LogP contribution is 2.26. The van der Waals surface area contributed by atoms with E-state index in [-0.39, 0.29) is 5.91 Å². The monoisotopic (exact) mass is 457 g/mol. The Kier molecular flexibility index (Phi) is 6.09. The van der Waals surface area contributed by atoms with Crippen LogP contribution in [0.25, 0.3) is 17.0 Å². The number of benzene rings is 2. The third kappa shape index (κ3) is 4.42. The van der Waals surface area contributed by atoms with E-state index in [9.17, 15) is 4.79 Å². The Morgan fingerprint density at radius 3 is 2.47 bits per heavy atom. The number of piperazine rings is 1. The van der Waals surface area contributed by atoms with Crippen LogP contribution in [0.4, 0.5) is 11.5 Å². The van der Waals surface area contributed by atoms with E-state index in [0.717, 1.165) is 54.7 Å². The highest BCUT2D eigenvalue weighted by molar-refractivity contribution is 5.94. The number of anilines is 2. The second kappa shape index (κ2) is 9.48. The molecule has 0 aliphatic carbocycles. The average molecular weight is 458 g/mol. The SMILES string of the molecule is COc1ccc(-c2cc(N3CCN(CC(=O)N(C)c4ccccc4)CC3)n3ncnc3n2)cc1. The second-order valence-electron chi connectivity index (χ2n) is 8.25. The molecule has 4 aromatic rings. The predicted octanol–water partition coefficient (Wildman–Crippen LogP) is 2.58. The molecule has 1 fully saturated rings. The van der Waals surface area contributed by atoms with Gasteiger partial charge in [-0.2, -0.15) is 14.6 Å². The molecule has 0 bridgehead atoms. The number of carbonyl (C=O) groups is 1. The van der Waals surface area contributed by atoms with Gasteiger partial charge in [0, 0.05) is 50.5 Å². The Morgan fingerprint density at radius 1 is 1.03 bits per heavy atom. The van der Waals surface area contributed by atoms with Crippen LogP contribution < -0.4 is 14.5 Å². The van der Waals surface area contributed by atoms with Crippen molar-refractivity contribution < 1.29 is 9.53 Å². The fourth-order valence-electron chi connectivity index (χ4n) is 4.16. The minimum Gasteiger partial charge on any atom is -0.497 e. The lowest BCUT2D eigenvalue weighted by Crippen LogP contribution is -2.50. The first-order chi connectivity index (χ1) is 16.6. The van der Waals surface area contributed by atoms with Gasteiger partial charge in [-0.1, -0.05) is 18.2 Å². The molecular weight excluding hydrogens is 430 g/mol. The Bertz CT molecular complexity index is 1270. The molecule has 1 saturated heterocycles. The number of methoxy groups -OCH3 is 1. The highest BCUT2D eigenvalue weighted by Gasteiger charge is 2.23. The zero-order valence-electron chi connectivity index (χ0n) is 19.3. The van der Waals surface area contributed by atoms with Crippen molar-refractivity contribution in [2.24, 2.45) is 0 Å². The molecule has 0 radical (unpaired) electrons. The molecular formula is C25H27N7O2. The number of hydrogen-bond donors (Lipinski definition) is 0.